The molecule has 0 spiro atoms. The van der Waals surface area contributed by atoms with Crippen LogP contribution < -0.4 is 10.6 Å². The van der Waals surface area contributed by atoms with E-state index in [-0.39, 0.29) is 35.8 Å². The number of rotatable bonds is 5. The minimum Gasteiger partial charge on any atom is -0.357 e. The van der Waals surface area contributed by atoms with Crippen molar-refractivity contribution >= 4 is 47.4 Å². The third-order valence-corrected chi connectivity index (χ3v) is 4.30. The van der Waals surface area contributed by atoms with Gasteiger partial charge in [0, 0.05) is 58.8 Å². The average molecular weight is 487 g/mol. The van der Waals surface area contributed by atoms with E-state index in [2.05, 4.69) is 22.5 Å². The van der Waals surface area contributed by atoms with Crippen LogP contribution in [0.25, 0.3) is 0 Å². The van der Waals surface area contributed by atoms with Crippen LogP contribution in [0, 0.1) is 0 Å². The van der Waals surface area contributed by atoms with E-state index in [0.29, 0.717) is 6.54 Å². The molecule has 0 aliphatic carbocycles. The molecular weight excluding hydrogens is 457 g/mol. The summed E-state index contributed by atoms with van der Waals surface area (Å²) in [5.41, 5.74) is 1.99. The van der Waals surface area contributed by atoms with E-state index in [9.17, 15) is 9.59 Å². The van der Waals surface area contributed by atoms with E-state index in [1.807, 2.05) is 29.2 Å². The quantitative estimate of drug-likeness (QED) is 0.378. The van der Waals surface area contributed by atoms with Crippen molar-refractivity contribution in [1.29, 1.82) is 0 Å². The van der Waals surface area contributed by atoms with Crippen molar-refractivity contribution in [1.82, 2.24) is 15.1 Å². The number of nitrogens with zero attached hydrogens (tertiary/aromatic N) is 3. The second-order valence-corrected chi connectivity index (χ2v) is 6.36. The van der Waals surface area contributed by atoms with E-state index in [0.717, 1.165) is 50.8 Å². The number of anilines is 1. The third kappa shape index (κ3) is 7.74. The summed E-state index contributed by atoms with van der Waals surface area (Å²) in [4.78, 5) is 31.3. The van der Waals surface area contributed by atoms with Crippen molar-refractivity contribution in [3.05, 3.63) is 29.8 Å². The number of carbonyl (C=O) groups excluding carboxylic acids is 2. The van der Waals surface area contributed by atoms with E-state index in [1.165, 1.54) is 12.5 Å². The van der Waals surface area contributed by atoms with Gasteiger partial charge in [0.2, 0.25) is 11.8 Å². The summed E-state index contributed by atoms with van der Waals surface area (Å²) >= 11 is 0. The van der Waals surface area contributed by atoms with Crippen LogP contribution in [0.5, 0.6) is 0 Å². The number of guanidine groups is 1. The van der Waals surface area contributed by atoms with Crippen LogP contribution in [-0.4, -0.2) is 66.8 Å². The molecule has 7 nitrogen and oxygen atoms in total. The van der Waals surface area contributed by atoms with Crippen LogP contribution in [-0.2, 0) is 16.0 Å². The maximum Gasteiger partial charge on any atom is 0.221 e. The lowest BCUT2D eigenvalue weighted by molar-refractivity contribution is -0.130. The van der Waals surface area contributed by atoms with E-state index >= 15 is 0 Å². The molecule has 2 rings (SSSR count). The Balaban J connectivity index is 0.00000364. The Kier molecular flexibility index (Phi) is 10.1. The van der Waals surface area contributed by atoms with Gasteiger partial charge in [0.1, 0.15) is 0 Å². The maximum absolute atomic E-state index is 11.5. The smallest absolute Gasteiger partial charge is 0.221 e. The molecule has 0 bridgehead atoms. The minimum atomic E-state index is -0.0671. The van der Waals surface area contributed by atoms with Gasteiger partial charge in [-0.1, -0.05) is 12.1 Å². The van der Waals surface area contributed by atoms with Gasteiger partial charge in [-0.05, 0) is 31.0 Å². The normalized spacial score (nSPS) is 14.4. The van der Waals surface area contributed by atoms with Crippen molar-refractivity contribution < 1.29 is 9.59 Å². The van der Waals surface area contributed by atoms with Crippen molar-refractivity contribution in [3.8, 4) is 0 Å². The summed E-state index contributed by atoms with van der Waals surface area (Å²) in [5, 5.41) is 6.10. The molecule has 1 aromatic rings. The first-order valence-electron chi connectivity index (χ1n) is 9.15. The number of nitrogens with one attached hydrogen (secondary N) is 2. The largest absolute Gasteiger partial charge is 0.357 e. The molecule has 0 atom stereocenters. The van der Waals surface area contributed by atoms with Crippen LogP contribution in [0.3, 0.4) is 0 Å². The SMILES string of the molecule is CCNC(=NCCc1ccc(NC(C)=O)cc1)N1CCN(C(C)=O)CC1.I. The van der Waals surface area contributed by atoms with Crippen LogP contribution in [0.1, 0.15) is 26.3 Å². The molecule has 2 amide bonds. The number of carbonyl (C=O) groups is 2. The fraction of sp³-hybridized carbons (Fsp3) is 0.526. The fourth-order valence-electron chi connectivity index (χ4n) is 2.91. The summed E-state index contributed by atoms with van der Waals surface area (Å²) in [5.74, 6) is 0.974. The number of amides is 2. The number of piperazine rings is 1. The highest BCUT2D eigenvalue weighted by molar-refractivity contribution is 14.0. The third-order valence-electron chi connectivity index (χ3n) is 4.30. The summed E-state index contributed by atoms with van der Waals surface area (Å²) in [7, 11) is 0. The van der Waals surface area contributed by atoms with Crippen molar-refractivity contribution in [2.24, 2.45) is 4.99 Å². The number of benzene rings is 1. The molecule has 27 heavy (non-hydrogen) atoms. The maximum atomic E-state index is 11.5. The van der Waals surface area contributed by atoms with Crippen LogP contribution in [0.2, 0.25) is 0 Å². The summed E-state index contributed by atoms with van der Waals surface area (Å²) in [6, 6.07) is 7.85. The van der Waals surface area contributed by atoms with Crippen molar-refractivity contribution in [2.75, 3.05) is 44.6 Å². The Hall–Kier alpha value is -1.84. The van der Waals surface area contributed by atoms with Gasteiger partial charge in [0.25, 0.3) is 0 Å². The summed E-state index contributed by atoms with van der Waals surface area (Å²) in [6.45, 7) is 9.77. The molecule has 1 aromatic carbocycles. The van der Waals surface area contributed by atoms with Crippen LogP contribution >= 0.6 is 24.0 Å². The first-order chi connectivity index (χ1) is 12.5. The zero-order valence-corrected chi connectivity index (χ0v) is 18.7. The highest BCUT2D eigenvalue weighted by atomic mass is 127. The van der Waals surface area contributed by atoms with Crippen molar-refractivity contribution in [2.45, 2.75) is 27.2 Å². The molecule has 0 aromatic heterocycles. The molecule has 0 radical (unpaired) electrons. The Morgan fingerprint density at radius 3 is 2.15 bits per heavy atom. The van der Waals surface area contributed by atoms with Gasteiger partial charge in [-0.15, -0.1) is 24.0 Å². The second-order valence-electron chi connectivity index (χ2n) is 6.36. The molecule has 1 heterocycles. The van der Waals surface area contributed by atoms with Gasteiger partial charge in [-0.2, -0.15) is 0 Å². The van der Waals surface area contributed by atoms with Gasteiger partial charge >= 0.3 is 0 Å². The summed E-state index contributed by atoms with van der Waals surface area (Å²) in [6.07, 6.45) is 0.836. The van der Waals surface area contributed by atoms with Gasteiger partial charge in [0.05, 0.1) is 0 Å². The van der Waals surface area contributed by atoms with Gasteiger partial charge < -0.3 is 20.4 Å². The molecule has 1 fully saturated rings. The van der Waals surface area contributed by atoms with Gasteiger partial charge in [-0.25, -0.2) is 0 Å². The number of aliphatic imine (C=N–C) groups is 1. The highest BCUT2D eigenvalue weighted by Gasteiger charge is 2.20. The second kappa shape index (κ2) is 11.8. The molecule has 1 aliphatic rings. The molecule has 0 unspecified atom stereocenters. The zero-order chi connectivity index (χ0) is 18.9. The monoisotopic (exact) mass is 487 g/mol. The molecule has 0 saturated carbocycles. The summed E-state index contributed by atoms with van der Waals surface area (Å²) < 4.78 is 0. The van der Waals surface area contributed by atoms with Gasteiger partial charge in [-0.3, -0.25) is 14.6 Å². The molecule has 1 saturated heterocycles. The Labute approximate surface area is 178 Å². The lowest BCUT2D eigenvalue weighted by Crippen LogP contribution is -2.53. The van der Waals surface area contributed by atoms with E-state index < -0.39 is 0 Å². The number of hydrogen-bond donors (Lipinski definition) is 2. The Bertz CT molecular complexity index is 640. The predicted molar refractivity (Wildman–Crippen MR) is 120 cm³/mol. The van der Waals surface area contributed by atoms with Crippen LogP contribution in [0.4, 0.5) is 5.69 Å². The van der Waals surface area contributed by atoms with E-state index in [4.69, 9.17) is 4.99 Å². The standard InChI is InChI=1S/C19H29N5O2.HI/c1-4-20-19(24-13-11-23(12-14-24)16(3)26)21-10-9-17-5-7-18(8-6-17)22-15(2)25;/h5-8H,4,9-14H2,1-3H3,(H,20,21)(H,22,25);1H. The average Bonchev–Trinajstić information content (AvgIpc) is 2.62. The van der Waals surface area contributed by atoms with E-state index in [1.54, 1.807) is 6.92 Å². The van der Waals surface area contributed by atoms with Crippen LogP contribution in [0.15, 0.2) is 29.3 Å². The predicted octanol–water partition coefficient (Wildman–Crippen LogP) is 1.94. The lowest BCUT2D eigenvalue weighted by Gasteiger charge is -2.36. The highest BCUT2D eigenvalue weighted by Crippen LogP contribution is 2.10. The molecule has 150 valence electrons. The molecule has 2 N–H and O–H groups in total. The molecule has 8 heteroatoms. The first-order valence-corrected chi connectivity index (χ1v) is 9.15. The topological polar surface area (TPSA) is 77.0 Å². The number of hydrogen-bond acceptors (Lipinski definition) is 3. The lowest BCUT2D eigenvalue weighted by atomic mass is 10.1. The fourth-order valence-corrected chi connectivity index (χ4v) is 2.91. The Morgan fingerprint density at radius 1 is 1.04 bits per heavy atom. The Morgan fingerprint density at radius 2 is 1.63 bits per heavy atom. The van der Waals surface area contributed by atoms with Crippen molar-refractivity contribution in [3.63, 3.8) is 0 Å². The number of halogens is 1. The first kappa shape index (κ1) is 23.2. The molecular formula is C19H30IN5O2. The minimum absolute atomic E-state index is 0. The zero-order valence-electron chi connectivity index (χ0n) is 16.3. The molecule has 1 aliphatic heterocycles. The van der Waals surface area contributed by atoms with Gasteiger partial charge in [0.15, 0.2) is 5.96 Å².